The first-order valence-electron chi connectivity index (χ1n) is 8.11. The van der Waals surface area contributed by atoms with Crippen LogP contribution in [0.1, 0.15) is 28.9 Å². The Hall–Kier alpha value is -2.14. The van der Waals surface area contributed by atoms with Crippen molar-refractivity contribution in [2.45, 2.75) is 32.7 Å². The van der Waals surface area contributed by atoms with Gasteiger partial charge in [-0.2, -0.15) is 0 Å². The van der Waals surface area contributed by atoms with Crippen molar-refractivity contribution in [2.75, 3.05) is 13.1 Å². The lowest BCUT2D eigenvalue weighted by atomic mass is 9.97. The summed E-state index contributed by atoms with van der Waals surface area (Å²) in [5.41, 5.74) is 4.45. The summed E-state index contributed by atoms with van der Waals surface area (Å²) in [5, 5.41) is 8.81. The molecule has 0 radical (unpaired) electrons. The Morgan fingerprint density at radius 1 is 1.35 bits per heavy atom. The molecule has 0 aliphatic carbocycles. The largest absolute Gasteiger partial charge is 0.481 e. The molecule has 2 aromatic rings. The number of imidazole rings is 1. The maximum Gasteiger partial charge on any atom is 0.307 e. The van der Waals surface area contributed by atoms with E-state index in [-0.39, 0.29) is 6.42 Å². The van der Waals surface area contributed by atoms with Gasteiger partial charge in [0.05, 0.1) is 18.4 Å². The number of aryl methyl sites for hydroxylation is 1. The Morgan fingerprint density at radius 2 is 2.09 bits per heavy atom. The number of benzene rings is 1. The predicted molar refractivity (Wildman–Crippen MR) is 88.2 cm³/mol. The first kappa shape index (κ1) is 15.7. The van der Waals surface area contributed by atoms with Crippen molar-refractivity contribution in [1.82, 2.24) is 14.9 Å². The molecular weight excluding hydrogens is 290 g/mol. The number of carboxylic acid groups (broad SMARTS) is 1. The van der Waals surface area contributed by atoms with Gasteiger partial charge in [0.15, 0.2) is 0 Å². The normalized spacial score (nSPS) is 18.4. The SMILES string of the molecule is Cc1[nH]cnc1CN1CCC(Cc2ccc(CC(=O)O)cc2)C1. The number of nitrogens with zero attached hydrogens (tertiary/aromatic N) is 2. The molecular formula is C18H23N3O2. The van der Waals surface area contributed by atoms with E-state index in [0.29, 0.717) is 5.92 Å². The number of aromatic nitrogens is 2. The standard InChI is InChI=1S/C18H23N3O2/c1-13-17(20-12-19-13)11-21-7-6-16(10-21)8-14-2-4-15(5-3-14)9-18(22)23/h2-5,12,16H,6-11H2,1H3,(H,19,20)(H,22,23). The molecule has 5 heteroatoms. The Labute approximate surface area is 136 Å². The molecule has 122 valence electrons. The zero-order valence-corrected chi connectivity index (χ0v) is 13.5. The maximum atomic E-state index is 10.7. The highest BCUT2D eigenvalue weighted by atomic mass is 16.4. The lowest BCUT2D eigenvalue weighted by Gasteiger charge is -2.15. The van der Waals surface area contributed by atoms with Crippen molar-refractivity contribution in [3.05, 3.63) is 53.1 Å². The van der Waals surface area contributed by atoms with E-state index in [1.54, 1.807) is 6.33 Å². The highest BCUT2D eigenvalue weighted by molar-refractivity contribution is 5.70. The summed E-state index contributed by atoms with van der Waals surface area (Å²) in [7, 11) is 0. The molecule has 0 spiro atoms. The quantitative estimate of drug-likeness (QED) is 0.859. The number of hydrogen-bond donors (Lipinski definition) is 2. The van der Waals surface area contributed by atoms with Gasteiger partial charge in [-0.05, 0) is 43.4 Å². The molecule has 3 rings (SSSR count). The highest BCUT2D eigenvalue weighted by Crippen LogP contribution is 2.23. The minimum absolute atomic E-state index is 0.0977. The number of nitrogens with one attached hydrogen (secondary N) is 1. The lowest BCUT2D eigenvalue weighted by molar-refractivity contribution is -0.136. The summed E-state index contributed by atoms with van der Waals surface area (Å²) in [4.78, 5) is 20.7. The van der Waals surface area contributed by atoms with Crippen LogP contribution >= 0.6 is 0 Å². The van der Waals surface area contributed by atoms with Crippen molar-refractivity contribution in [1.29, 1.82) is 0 Å². The molecule has 1 aromatic carbocycles. The van der Waals surface area contributed by atoms with E-state index < -0.39 is 5.97 Å². The molecule has 0 bridgehead atoms. The predicted octanol–water partition coefficient (Wildman–Crippen LogP) is 2.41. The zero-order valence-electron chi connectivity index (χ0n) is 13.5. The molecule has 0 amide bonds. The number of aliphatic carboxylic acids is 1. The molecule has 1 atom stereocenters. The summed E-state index contributed by atoms with van der Waals surface area (Å²) >= 11 is 0. The summed E-state index contributed by atoms with van der Waals surface area (Å²) in [6, 6.07) is 8.00. The molecule has 5 nitrogen and oxygen atoms in total. The first-order chi connectivity index (χ1) is 11.1. The van der Waals surface area contributed by atoms with Gasteiger partial charge in [0.1, 0.15) is 0 Å². The molecule has 1 aliphatic rings. The van der Waals surface area contributed by atoms with Crippen molar-refractivity contribution in [2.24, 2.45) is 5.92 Å². The molecule has 2 N–H and O–H groups in total. The van der Waals surface area contributed by atoms with E-state index in [9.17, 15) is 4.79 Å². The monoisotopic (exact) mass is 313 g/mol. The van der Waals surface area contributed by atoms with Crippen LogP contribution in [0.15, 0.2) is 30.6 Å². The Bertz CT molecular complexity index is 663. The van der Waals surface area contributed by atoms with Crippen LogP contribution in [-0.2, 0) is 24.2 Å². The van der Waals surface area contributed by atoms with E-state index in [4.69, 9.17) is 5.11 Å². The molecule has 1 aromatic heterocycles. The van der Waals surface area contributed by atoms with Gasteiger partial charge >= 0.3 is 5.97 Å². The Kier molecular flexibility index (Phi) is 4.76. The Balaban J connectivity index is 1.51. The number of carbonyl (C=O) groups is 1. The van der Waals surface area contributed by atoms with E-state index in [2.05, 4.69) is 33.9 Å². The van der Waals surface area contributed by atoms with Crippen LogP contribution in [0.3, 0.4) is 0 Å². The van der Waals surface area contributed by atoms with Crippen molar-refractivity contribution in [3.63, 3.8) is 0 Å². The van der Waals surface area contributed by atoms with Gasteiger partial charge in [-0.1, -0.05) is 24.3 Å². The summed E-state index contributed by atoms with van der Waals surface area (Å²) in [6.07, 6.45) is 4.13. The lowest BCUT2D eigenvalue weighted by Crippen LogP contribution is -2.21. The molecule has 1 fully saturated rings. The number of carboxylic acids is 1. The van der Waals surface area contributed by atoms with Crippen molar-refractivity contribution < 1.29 is 9.90 Å². The minimum atomic E-state index is -0.780. The van der Waals surface area contributed by atoms with E-state index in [1.807, 2.05) is 12.1 Å². The number of rotatable bonds is 6. The van der Waals surface area contributed by atoms with Gasteiger partial charge in [-0.3, -0.25) is 9.69 Å². The summed E-state index contributed by atoms with van der Waals surface area (Å²) in [6.45, 7) is 5.20. The third-order valence-electron chi connectivity index (χ3n) is 4.58. The van der Waals surface area contributed by atoms with Crippen LogP contribution in [0.5, 0.6) is 0 Å². The number of H-pyrrole nitrogens is 1. The van der Waals surface area contributed by atoms with Crippen molar-refractivity contribution >= 4 is 5.97 Å². The number of likely N-dealkylation sites (tertiary alicyclic amines) is 1. The smallest absolute Gasteiger partial charge is 0.307 e. The van der Waals surface area contributed by atoms with E-state index in [0.717, 1.165) is 43.0 Å². The average molecular weight is 313 g/mol. The maximum absolute atomic E-state index is 10.7. The van der Waals surface area contributed by atoms with E-state index >= 15 is 0 Å². The molecule has 1 unspecified atom stereocenters. The Morgan fingerprint density at radius 3 is 2.74 bits per heavy atom. The number of hydrogen-bond acceptors (Lipinski definition) is 3. The van der Waals surface area contributed by atoms with Crippen molar-refractivity contribution in [3.8, 4) is 0 Å². The van der Waals surface area contributed by atoms with Crippen LogP contribution < -0.4 is 0 Å². The van der Waals surface area contributed by atoms with Gasteiger partial charge in [0.25, 0.3) is 0 Å². The van der Waals surface area contributed by atoms with Gasteiger partial charge in [-0.25, -0.2) is 4.98 Å². The highest BCUT2D eigenvalue weighted by Gasteiger charge is 2.23. The van der Waals surface area contributed by atoms with Crippen LogP contribution in [0.25, 0.3) is 0 Å². The van der Waals surface area contributed by atoms with Crippen LogP contribution in [0.4, 0.5) is 0 Å². The second-order valence-electron chi connectivity index (χ2n) is 6.46. The van der Waals surface area contributed by atoms with Gasteiger partial charge in [-0.15, -0.1) is 0 Å². The molecule has 23 heavy (non-hydrogen) atoms. The third kappa shape index (κ3) is 4.20. The van der Waals surface area contributed by atoms with Gasteiger partial charge in [0, 0.05) is 18.8 Å². The topological polar surface area (TPSA) is 69.2 Å². The summed E-state index contributed by atoms with van der Waals surface area (Å²) in [5.74, 6) is -0.114. The fourth-order valence-electron chi connectivity index (χ4n) is 3.28. The fourth-order valence-corrected chi connectivity index (χ4v) is 3.28. The second-order valence-corrected chi connectivity index (χ2v) is 6.46. The molecule has 1 aliphatic heterocycles. The van der Waals surface area contributed by atoms with Crippen LogP contribution in [0, 0.1) is 12.8 Å². The minimum Gasteiger partial charge on any atom is -0.481 e. The molecule has 2 heterocycles. The van der Waals surface area contributed by atoms with Gasteiger partial charge < -0.3 is 10.1 Å². The third-order valence-corrected chi connectivity index (χ3v) is 4.58. The summed E-state index contributed by atoms with van der Waals surface area (Å²) < 4.78 is 0. The average Bonchev–Trinajstić information content (AvgIpc) is 3.11. The van der Waals surface area contributed by atoms with Gasteiger partial charge in [0.2, 0.25) is 0 Å². The fraction of sp³-hybridized carbons (Fsp3) is 0.444. The van der Waals surface area contributed by atoms with Crippen LogP contribution in [0.2, 0.25) is 0 Å². The zero-order chi connectivity index (χ0) is 16.2. The molecule has 0 saturated carbocycles. The second kappa shape index (κ2) is 6.96. The van der Waals surface area contributed by atoms with E-state index in [1.165, 1.54) is 12.0 Å². The number of aromatic amines is 1. The molecule has 1 saturated heterocycles. The first-order valence-corrected chi connectivity index (χ1v) is 8.11. The van der Waals surface area contributed by atoms with Crippen LogP contribution in [-0.4, -0.2) is 39.0 Å².